The smallest absolute Gasteiger partial charge is 0.348 e. The zero-order valence-electron chi connectivity index (χ0n) is 23.3. The molecule has 2 fully saturated rings. The van der Waals surface area contributed by atoms with Crippen molar-refractivity contribution in [3.63, 3.8) is 0 Å². The van der Waals surface area contributed by atoms with Crippen LogP contribution in [0.5, 0.6) is 0 Å². The predicted octanol–water partition coefficient (Wildman–Crippen LogP) is 0.406. The molecule has 13 heteroatoms. The zero-order chi connectivity index (χ0) is 30.3. The molecule has 2 heterocycles. The molecule has 226 valence electrons. The Balaban J connectivity index is 1.34. The van der Waals surface area contributed by atoms with E-state index in [0.29, 0.717) is 11.1 Å². The van der Waals surface area contributed by atoms with Gasteiger partial charge in [0.1, 0.15) is 31.7 Å². The molecule has 1 aliphatic carbocycles. The fraction of sp³-hybridized carbons (Fsp3) is 0.483. The summed E-state index contributed by atoms with van der Waals surface area (Å²) in [5.74, 6) is -2.71. The van der Waals surface area contributed by atoms with E-state index in [-0.39, 0.29) is 57.4 Å². The second-order valence-corrected chi connectivity index (χ2v) is 10.7. The molecule has 1 aromatic carbocycles. The van der Waals surface area contributed by atoms with Crippen LogP contribution in [-0.2, 0) is 42.9 Å². The van der Waals surface area contributed by atoms with Crippen LogP contribution in [-0.4, -0.2) is 92.3 Å². The van der Waals surface area contributed by atoms with Crippen molar-refractivity contribution in [3.05, 3.63) is 53.1 Å². The van der Waals surface area contributed by atoms with Crippen LogP contribution in [0.25, 0.3) is 6.08 Å². The van der Waals surface area contributed by atoms with Gasteiger partial charge in [-0.15, -0.1) is 0 Å². The molecule has 13 nitrogen and oxygen atoms in total. The number of esters is 3. The van der Waals surface area contributed by atoms with E-state index >= 15 is 0 Å². The van der Waals surface area contributed by atoms with E-state index < -0.39 is 53.6 Å². The first-order valence-electron chi connectivity index (χ1n) is 13.5. The maximum absolute atomic E-state index is 13.1. The van der Waals surface area contributed by atoms with Crippen molar-refractivity contribution in [1.82, 2.24) is 10.6 Å². The number of carbonyl (C=O) groups is 5. The summed E-state index contributed by atoms with van der Waals surface area (Å²) in [6, 6.07) is 6.37. The maximum Gasteiger partial charge on any atom is 0.348 e. The highest BCUT2D eigenvalue weighted by atomic mass is 16.7. The van der Waals surface area contributed by atoms with Crippen molar-refractivity contribution in [1.29, 1.82) is 0 Å². The molecule has 0 spiro atoms. The first-order chi connectivity index (χ1) is 20.1. The molecular weight excluding hydrogens is 552 g/mol. The predicted molar refractivity (Wildman–Crippen MR) is 144 cm³/mol. The van der Waals surface area contributed by atoms with E-state index in [2.05, 4.69) is 10.6 Å². The van der Waals surface area contributed by atoms with Gasteiger partial charge in [0.15, 0.2) is 0 Å². The van der Waals surface area contributed by atoms with Crippen LogP contribution in [0.4, 0.5) is 0 Å². The Labute approximate surface area is 242 Å². The first-order valence-corrected chi connectivity index (χ1v) is 13.5. The van der Waals surface area contributed by atoms with E-state index in [1.165, 1.54) is 12.1 Å². The molecule has 2 saturated heterocycles. The summed E-state index contributed by atoms with van der Waals surface area (Å²) in [7, 11) is 0. The van der Waals surface area contributed by atoms with E-state index in [4.69, 9.17) is 28.8 Å². The molecule has 0 radical (unpaired) electrons. The molecule has 4 atom stereocenters. The Morgan fingerprint density at radius 3 is 2.67 bits per heavy atom. The van der Waals surface area contributed by atoms with E-state index in [1.54, 1.807) is 38.1 Å². The molecule has 3 N–H and O–H groups in total. The number of nitrogens with one attached hydrogen (secondary N) is 2. The lowest BCUT2D eigenvalue weighted by Gasteiger charge is -2.30. The third-order valence-electron chi connectivity index (χ3n) is 6.90. The fourth-order valence-corrected chi connectivity index (χ4v) is 4.64. The third-order valence-corrected chi connectivity index (χ3v) is 6.90. The highest BCUT2D eigenvalue weighted by molar-refractivity contribution is 5.95. The van der Waals surface area contributed by atoms with Crippen molar-refractivity contribution in [2.45, 2.75) is 51.1 Å². The van der Waals surface area contributed by atoms with Crippen LogP contribution in [0.2, 0.25) is 0 Å². The number of aliphatic hydroxyl groups excluding tert-OH is 1. The molecule has 2 aliphatic heterocycles. The lowest BCUT2D eigenvalue weighted by Crippen LogP contribution is -2.43. The number of ether oxygens (including phenoxy) is 5. The number of cyclic esters (lactones) is 1. The Hall–Kier alpha value is -4.07. The quantitative estimate of drug-likeness (QED) is 0.186. The molecule has 0 aromatic heterocycles. The summed E-state index contributed by atoms with van der Waals surface area (Å²) >= 11 is 0. The minimum Gasteiger partial charge on any atom is -0.462 e. The van der Waals surface area contributed by atoms with Crippen molar-refractivity contribution in [2.24, 2.45) is 5.41 Å². The summed E-state index contributed by atoms with van der Waals surface area (Å²) < 4.78 is 27.1. The van der Waals surface area contributed by atoms with Gasteiger partial charge in [0.05, 0.1) is 12.2 Å². The van der Waals surface area contributed by atoms with E-state index in [1.807, 2.05) is 0 Å². The maximum atomic E-state index is 13.1. The molecule has 0 saturated carbocycles. The summed E-state index contributed by atoms with van der Waals surface area (Å²) in [6.45, 7) is 3.70. The Kier molecular flexibility index (Phi) is 10.1. The monoisotopic (exact) mass is 586 g/mol. The van der Waals surface area contributed by atoms with Gasteiger partial charge < -0.3 is 39.4 Å². The van der Waals surface area contributed by atoms with Crippen molar-refractivity contribution < 1.29 is 52.8 Å². The summed E-state index contributed by atoms with van der Waals surface area (Å²) in [5.41, 5.74) is 0.416. The molecule has 42 heavy (non-hydrogen) atoms. The van der Waals surface area contributed by atoms with Crippen molar-refractivity contribution >= 4 is 35.8 Å². The van der Waals surface area contributed by atoms with Gasteiger partial charge in [0, 0.05) is 43.0 Å². The standard InChI is InChI=1S/C29H34N2O11/c1-29(2)15-38-28(37)25(29)42-23(34)7-6-17-4-3-5-18(12-17)27(36)41-21-14-19(13-20-24(21)40-16-39-20)26(35)31-9-8-22(33)30-10-11-32/h3-7,12-13,20-21,24-25,32H,8-11,14-16H2,1-2H3,(H,30,33)(H,31,35)/t20-,21-,24-,25+/m1/s1. The van der Waals surface area contributed by atoms with Gasteiger partial charge in [0.25, 0.3) is 0 Å². The van der Waals surface area contributed by atoms with Gasteiger partial charge in [-0.2, -0.15) is 0 Å². The average Bonchev–Trinajstić information content (AvgIpc) is 3.55. The Morgan fingerprint density at radius 2 is 1.93 bits per heavy atom. The van der Waals surface area contributed by atoms with Gasteiger partial charge in [0.2, 0.25) is 17.9 Å². The second-order valence-electron chi connectivity index (χ2n) is 10.7. The van der Waals surface area contributed by atoms with E-state index in [0.717, 1.165) is 6.08 Å². The number of benzene rings is 1. The van der Waals surface area contributed by atoms with Gasteiger partial charge in [-0.05, 0) is 29.8 Å². The molecule has 2 amide bonds. The summed E-state index contributed by atoms with van der Waals surface area (Å²) in [6.07, 6.45) is 1.34. The molecular formula is C29H34N2O11. The molecule has 0 bridgehead atoms. The first kappa shape index (κ1) is 30.9. The van der Waals surface area contributed by atoms with Crippen LogP contribution >= 0.6 is 0 Å². The highest BCUT2D eigenvalue weighted by Crippen LogP contribution is 2.32. The number of hydrogen-bond donors (Lipinski definition) is 3. The molecule has 1 aromatic rings. The largest absolute Gasteiger partial charge is 0.462 e. The zero-order valence-corrected chi connectivity index (χ0v) is 23.3. The van der Waals surface area contributed by atoms with Crippen LogP contribution < -0.4 is 10.6 Å². The number of carbonyl (C=O) groups excluding carboxylic acids is 5. The molecule has 4 rings (SSSR count). The van der Waals surface area contributed by atoms with E-state index in [9.17, 15) is 24.0 Å². The fourth-order valence-electron chi connectivity index (χ4n) is 4.64. The molecule has 0 unspecified atom stereocenters. The number of fused-ring (bicyclic) bond motifs is 1. The van der Waals surface area contributed by atoms with Crippen molar-refractivity contribution in [3.8, 4) is 0 Å². The van der Waals surface area contributed by atoms with Crippen molar-refractivity contribution in [2.75, 3.05) is 33.1 Å². The van der Waals surface area contributed by atoms with Crippen LogP contribution in [0.3, 0.4) is 0 Å². The number of amides is 2. The second kappa shape index (κ2) is 13.7. The number of rotatable bonds is 11. The van der Waals surface area contributed by atoms with Crippen LogP contribution in [0, 0.1) is 5.41 Å². The Bertz CT molecular complexity index is 1270. The summed E-state index contributed by atoms with van der Waals surface area (Å²) in [5, 5.41) is 13.9. The lowest BCUT2D eigenvalue weighted by molar-refractivity contribution is -0.159. The van der Waals surface area contributed by atoms with Crippen LogP contribution in [0.1, 0.15) is 42.6 Å². The minimum atomic E-state index is -1.01. The average molecular weight is 587 g/mol. The summed E-state index contributed by atoms with van der Waals surface area (Å²) in [4.78, 5) is 61.7. The third kappa shape index (κ3) is 7.81. The number of aliphatic hydroxyl groups is 1. The number of hydrogen-bond acceptors (Lipinski definition) is 11. The van der Waals surface area contributed by atoms with Gasteiger partial charge in [-0.3, -0.25) is 9.59 Å². The highest BCUT2D eigenvalue weighted by Gasteiger charge is 2.46. The lowest BCUT2D eigenvalue weighted by atomic mass is 9.90. The van der Waals surface area contributed by atoms with Gasteiger partial charge in [-0.1, -0.05) is 26.0 Å². The van der Waals surface area contributed by atoms with Crippen LogP contribution in [0.15, 0.2) is 42.0 Å². The minimum absolute atomic E-state index is 0.0219. The van der Waals surface area contributed by atoms with Gasteiger partial charge >= 0.3 is 17.9 Å². The van der Waals surface area contributed by atoms with Gasteiger partial charge in [-0.25, -0.2) is 14.4 Å². The topological polar surface area (TPSA) is 176 Å². The molecule has 3 aliphatic rings. The Morgan fingerprint density at radius 1 is 1.12 bits per heavy atom. The SMILES string of the molecule is CC1(C)COC(=O)[C@@H]1OC(=O)C=Cc1cccc(C(=O)O[C@@H]2CC(C(=O)NCCC(=O)NCCO)=C[C@H]3OCO[C@H]32)c1. The normalized spacial score (nSPS) is 24.4.